The molecule has 1 unspecified atom stereocenters. The Morgan fingerprint density at radius 3 is 2.40 bits per heavy atom. The van der Waals surface area contributed by atoms with E-state index < -0.39 is 12.1 Å². The number of nitrogens with one attached hydrogen (secondary N) is 1. The summed E-state index contributed by atoms with van der Waals surface area (Å²) in [5.74, 6) is -0.715. The van der Waals surface area contributed by atoms with Crippen LogP contribution in [0.25, 0.3) is 0 Å². The molecule has 0 aliphatic heterocycles. The first kappa shape index (κ1) is 18.4. The zero-order valence-electron chi connectivity index (χ0n) is 14.2. The Balaban J connectivity index is 2.05. The summed E-state index contributed by atoms with van der Waals surface area (Å²) < 4.78 is 10.4. The molecule has 25 heavy (non-hydrogen) atoms. The van der Waals surface area contributed by atoms with E-state index in [1.807, 2.05) is 0 Å². The normalized spacial score (nSPS) is 11.7. The quantitative estimate of drug-likeness (QED) is 0.615. The van der Waals surface area contributed by atoms with Gasteiger partial charge >= 0.3 is 5.97 Å². The molecular weight excluding hydrogens is 326 g/mol. The van der Waals surface area contributed by atoms with Crippen molar-refractivity contribution < 1.29 is 28.6 Å². The maximum absolute atomic E-state index is 12.4. The maximum Gasteiger partial charge on any atom is 0.342 e. The lowest BCUT2D eigenvalue weighted by atomic mass is 10.1. The number of aryl methyl sites for hydroxylation is 1. The minimum absolute atomic E-state index is 0.171. The van der Waals surface area contributed by atoms with Gasteiger partial charge in [-0.15, -0.1) is 0 Å². The molecule has 1 aromatic carbocycles. The van der Waals surface area contributed by atoms with Crippen LogP contribution in [0.1, 0.15) is 46.1 Å². The van der Waals surface area contributed by atoms with E-state index in [0.29, 0.717) is 17.0 Å². The van der Waals surface area contributed by atoms with E-state index in [2.05, 4.69) is 5.32 Å². The molecule has 0 radical (unpaired) electrons. The summed E-state index contributed by atoms with van der Waals surface area (Å²) in [6, 6.07) is 7.67. The standard InChI is InChI=1S/C18H19NO6/c1-10-16(8-15(9-20)24-10)18(23)25-11(2)17(22)13-4-6-14(7-5-13)19-12(3)21/h4-8,11,20H,9H2,1-3H3,(H,19,21). The number of aliphatic hydroxyl groups is 1. The van der Waals surface area contributed by atoms with Crippen molar-refractivity contribution in [3.05, 3.63) is 53.0 Å². The number of carbonyl (C=O) groups is 3. The van der Waals surface area contributed by atoms with E-state index in [0.717, 1.165) is 0 Å². The van der Waals surface area contributed by atoms with Crippen molar-refractivity contribution in [3.8, 4) is 0 Å². The summed E-state index contributed by atoms with van der Waals surface area (Å²) in [7, 11) is 0. The van der Waals surface area contributed by atoms with Crippen LogP contribution in [0.5, 0.6) is 0 Å². The number of carbonyl (C=O) groups excluding carboxylic acids is 3. The van der Waals surface area contributed by atoms with Crippen LogP contribution < -0.4 is 5.32 Å². The molecule has 0 fully saturated rings. The van der Waals surface area contributed by atoms with Crippen molar-refractivity contribution in [1.29, 1.82) is 0 Å². The van der Waals surface area contributed by atoms with Crippen LogP contribution in [0.3, 0.4) is 0 Å². The summed E-state index contributed by atoms with van der Waals surface area (Å²) in [5, 5.41) is 11.6. The highest BCUT2D eigenvalue weighted by Crippen LogP contribution is 2.18. The molecule has 132 valence electrons. The van der Waals surface area contributed by atoms with Crippen molar-refractivity contribution >= 4 is 23.3 Å². The number of esters is 1. The van der Waals surface area contributed by atoms with E-state index in [1.165, 1.54) is 19.9 Å². The molecule has 0 spiro atoms. The van der Waals surface area contributed by atoms with Gasteiger partial charge in [-0.1, -0.05) is 0 Å². The Kier molecular flexibility index (Phi) is 5.71. The highest BCUT2D eigenvalue weighted by atomic mass is 16.5. The lowest BCUT2D eigenvalue weighted by molar-refractivity contribution is -0.114. The van der Waals surface area contributed by atoms with Crippen molar-refractivity contribution in [1.82, 2.24) is 0 Å². The third-order valence-electron chi connectivity index (χ3n) is 3.49. The van der Waals surface area contributed by atoms with Gasteiger partial charge in [-0.25, -0.2) is 4.79 Å². The van der Waals surface area contributed by atoms with Gasteiger partial charge in [0.2, 0.25) is 11.7 Å². The van der Waals surface area contributed by atoms with Crippen LogP contribution in [0.2, 0.25) is 0 Å². The van der Waals surface area contributed by atoms with Crippen LogP contribution in [-0.2, 0) is 16.1 Å². The smallest absolute Gasteiger partial charge is 0.342 e. The summed E-state index contributed by atoms with van der Waals surface area (Å²) in [5.41, 5.74) is 1.10. The van der Waals surface area contributed by atoms with Gasteiger partial charge in [0.05, 0.1) is 0 Å². The molecule has 2 N–H and O–H groups in total. The Morgan fingerprint density at radius 2 is 1.88 bits per heavy atom. The number of aliphatic hydroxyl groups excluding tert-OH is 1. The van der Waals surface area contributed by atoms with Gasteiger partial charge in [0, 0.05) is 18.2 Å². The monoisotopic (exact) mass is 345 g/mol. The zero-order chi connectivity index (χ0) is 18.6. The number of hydrogen-bond donors (Lipinski definition) is 2. The van der Waals surface area contributed by atoms with E-state index in [1.54, 1.807) is 31.2 Å². The SMILES string of the molecule is CC(=O)Nc1ccc(C(=O)C(C)OC(=O)c2cc(CO)oc2C)cc1. The molecule has 1 heterocycles. The summed E-state index contributed by atoms with van der Waals surface area (Å²) in [6.07, 6.45) is -0.994. The van der Waals surface area contributed by atoms with Crippen molar-refractivity contribution in [3.63, 3.8) is 0 Å². The van der Waals surface area contributed by atoms with E-state index in [9.17, 15) is 14.4 Å². The number of rotatable bonds is 6. The molecule has 7 nitrogen and oxygen atoms in total. The lowest BCUT2D eigenvalue weighted by Crippen LogP contribution is -2.24. The van der Waals surface area contributed by atoms with E-state index in [4.69, 9.17) is 14.3 Å². The second kappa shape index (κ2) is 7.76. The molecule has 0 aliphatic rings. The number of ether oxygens (including phenoxy) is 1. The second-order valence-corrected chi connectivity index (χ2v) is 5.51. The second-order valence-electron chi connectivity index (χ2n) is 5.51. The highest BCUT2D eigenvalue weighted by molar-refractivity contribution is 6.02. The van der Waals surface area contributed by atoms with Crippen molar-refractivity contribution in [2.24, 2.45) is 0 Å². The summed E-state index contributed by atoms with van der Waals surface area (Å²) in [4.78, 5) is 35.5. The average molecular weight is 345 g/mol. The van der Waals surface area contributed by atoms with Crippen LogP contribution >= 0.6 is 0 Å². The Labute approximate surface area is 144 Å². The maximum atomic E-state index is 12.4. The van der Waals surface area contributed by atoms with Gasteiger partial charge in [-0.2, -0.15) is 0 Å². The molecule has 2 aromatic rings. The molecule has 1 amide bonds. The molecule has 0 saturated heterocycles. The van der Waals surface area contributed by atoms with Crippen LogP contribution in [0.4, 0.5) is 5.69 Å². The molecule has 1 atom stereocenters. The van der Waals surface area contributed by atoms with Gasteiger partial charge in [-0.05, 0) is 44.2 Å². The Bertz CT molecular complexity index is 790. The Hall–Kier alpha value is -2.93. The molecule has 0 saturated carbocycles. The predicted octanol–water partition coefficient (Wildman–Crippen LogP) is 2.47. The summed E-state index contributed by atoms with van der Waals surface area (Å²) in [6.45, 7) is 4.11. The fourth-order valence-corrected chi connectivity index (χ4v) is 2.26. The number of Topliss-reactive ketones (excluding diaryl/α,β-unsaturated/α-hetero) is 1. The van der Waals surface area contributed by atoms with Gasteiger partial charge in [0.15, 0.2) is 6.10 Å². The van der Waals surface area contributed by atoms with Gasteiger partial charge in [0.1, 0.15) is 23.7 Å². The lowest BCUT2D eigenvalue weighted by Gasteiger charge is -2.12. The third kappa shape index (κ3) is 4.54. The van der Waals surface area contributed by atoms with Crippen molar-refractivity contribution in [2.75, 3.05) is 5.32 Å². The fourth-order valence-electron chi connectivity index (χ4n) is 2.26. The molecule has 0 aliphatic carbocycles. The van der Waals surface area contributed by atoms with Gasteiger partial charge in [0.25, 0.3) is 0 Å². The molecule has 0 bridgehead atoms. The minimum atomic E-state index is -0.994. The van der Waals surface area contributed by atoms with Crippen LogP contribution in [0, 0.1) is 6.92 Å². The number of hydrogen-bond acceptors (Lipinski definition) is 6. The summed E-state index contributed by atoms with van der Waals surface area (Å²) >= 11 is 0. The van der Waals surface area contributed by atoms with E-state index >= 15 is 0 Å². The van der Waals surface area contributed by atoms with Gasteiger partial charge in [-0.3, -0.25) is 9.59 Å². The number of anilines is 1. The topological polar surface area (TPSA) is 106 Å². The zero-order valence-corrected chi connectivity index (χ0v) is 14.2. The first-order valence-electron chi connectivity index (χ1n) is 7.64. The molecular formula is C18H19NO6. The molecule has 1 aromatic heterocycles. The number of ketones is 1. The number of benzene rings is 1. The minimum Gasteiger partial charge on any atom is -0.463 e. The largest absolute Gasteiger partial charge is 0.463 e. The first-order chi connectivity index (χ1) is 11.8. The fraction of sp³-hybridized carbons (Fsp3) is 0.278. The van der Waals surface area contributed by atoms with Crippen LogP contribution in [0.15, 0.2) is 34.7 Å². The third-order valence-corrected chi connectivity index (χ3v) is 3.49. The average Bonchev–Trinajstić information content (AvgIpc) is 2.95. The molecule has 2 rings (SSSR count). The van der Waals surface area contributed by atoms with Crippen LogP contribution in [-0.4, -0.2) is 28.9 Å². The Morgan fingerprint density at radius 1 is 1.24 bits per heavy atom. The number of amides is 1. The first-order valence-corrected chi connectivity index (χ1v) is 7.64. The molecule has 7 heteroatoms. The number of furan rings is 1. The van der Waals surface area contributed by atoms with E-state index in [-0.39, 0.29) is 29.6 Å². The van der Waals surface area contributed by atoms with Gasteiger partial charge < -0.3 is 19.6 Å². The van der Waals surface area contributed by atoms with Crippen molar-refractivity contribution in [2.45, 2.75) is 33.5 Å². The highest BCUT2D eigenvalue weighted by Gasteiger charge is 2.23. The predicted molar refractivity (Wildman–Crippen MR) is 89.3 cm³/mol.